The first-order chi connectivity index (χ1) is 15.7. The van der Waals surface area contributed by atoms with Crippen LogP contribution in [-0.4, -0.2) is 55.4 Å². The molecule has 0 unspecified atom stereocenters. The van der Waals surface area contributed by atoms with Crippen LogP contribution in [0, 0.1) is 23.7 Å². The van der Waals surface area contributed by atoms with E-state index in [0.717, 1.165) is 54.5 Å². The summed E-state index contributed by atoms with van der Waals surface area (Å²) in [5.74, 6) is 9.43. The first kappa shape index (κ1) is 19.0. The standard InChI is InChI=1S/C24H23N7O/c1-29-12-19(16-6-4-3-5-7-16)26-21(29)9-8-20-27-23-22(25-15-30(23)2)24(28-20)31-10-17-13-32-14-18(17)11-31/h3-7,12,15,17-18H,10-11,13-14H2,1-2H3/t17-,18+. The fourth-order valence-electron chi connectivity index (χ4n) is 4.57. The normalized spacial score (nSPS) is 19.9. The number of rotatable bonds is 2. The molecule has 2 aliphatic heterocycles. The highest BCUT2D eigenvalue weighted by Gasteiger charge is 2.38. The minimum Gasteiger partial charge on any atom is -0.381 e. The molecule has 6 rings (SSSR count). The van der Waals surface area contributed by atoms with Crippen molar-refractivity contribution in [2.75, 3.05) is 31.2 Å². The highest BCUT2D eigenvalue weighted by atomic mass is 16.5. The zero-order valence-corrected chi connectivity index (χ0v) is 18.1. The Morgan fingerprint density at radius 2 is 1.72 bits per heavy atom. The van der Waals surface area contributed by atoms with Gasteiger partial charge in [-0.1, -0.05) is 30.3 Å². The van der Waals surface area contributed by atoms with Crippen molar-refractivity contribution >= 4 is 17.0 Å². The summed E-state index contributed by atoms with van der Waals surface area (Å²) in [5.41, 5.74) is 3.57. The maximum Gasteiger partial charge on any atom is 0.209 e. The lowest BCUT2D eigenvalue weighted by Crippen LogP contribution is -2.24. The molecule has 3 aromatic heterocycles. The Balaban J connectivity index is 1.37. The van der Waals surface area contributed by atoms with Crippen molar-refractivity contribution in [3.8, 4) is 23.1 Å². The van der Waals surface area contributed by atoms with E-state index in [4.69, 9.17) is 14.7 Å². The van der Waals surface area contributed by atoms with E-state index in [1.54, 1.807) is 6.33 Å². The van der Waals surface area contributed by atoms with Crippen molar-refractivity contribution in [1.29, 1.82) is 0 Å². The molecule has 0 radical (unpaired) electrons. The van der Waals surface area contributed by atoms with Crippen LogP contribution in [0.4, 0.5) is 5.82 Å². The van der Waals surface area contributed by atoms with E-state index in [2.05, 4.69) is 26.7 Å². The maximum atomic E-state index is 5.63. The summed E-state index contributed by atoms with van der Waals surface area (Å²) in [6.45, 7) is 3.51. The molecule has 0 aliphatic carbocycles. The number of anilines is 1. The molecular weight excluding hydrogens is 402 g/mol. The van der Waals surface area contributed by atoms with Gasteiger partial charge in [-0.05, 0) is 11.8 Å². The molecule has 4 aromatic rings. The van der Waals surface area contributed by atoms with Gasteiger partial charge in [0, 0.05) is 50.8 Å². The van der Waals surface area contributed by atoms with Crippen molar-refractivity contribution in [2.24, 2.45) is 25.9 Å². The maximum absolute atomic E-state index is 5.63. The number of benzene rings is 1. The summed E-state index contributed by atoms with van der Waals surface area (Å²) < 4.78 is 9.48. The third kappa shape index (κ3) is 3.22. The van der Waals surface area contributed by atoms with Gasteiger partial charge in [0.25, 0.3) is 0 Å². The van der Waals surface area contributed by atoms with Crippen molar-refractivity contribution < 1.29 is 4.74 Å². The van der Waals surface area contributed by atoms with Gasteiger partial charge in [-0.25, -0.2) is 19.9 Å². The average molecular weight is 425 g/mol. The van der Waals surface area contributed by atoms with Gasteiger partial charge in [-0.15, -0.1) is 0 Å². The molecule has 8 heteroatoms. The summed E-state index contributed by atoms with van der Waals surface area (Å²) in [5, 5.41) is 0. The second-order valence-corrected chi connectivity index (χ2v) is 8.54. The van der Waals surface area contributed by atoms with E-state index >= 15 is 0 Å². The van der Waals surface area contributed by atoms with Gasteiger partial charge in [0.15, 0.2) is 22.8 Å². The largest absolute Gasteiger partial charge is 0.381 e. The highest BCUT2D eigenvalue weighted by Crippen LogP contribution is 2.34. The van der Waals surface area contributed by atoms with E-state index < -0.39 is 0 Å². The van der Waals surface area contributed by atoms with Crippen molar-refractivity contribution in [3.05, 3.63) is 54.5 Å². The molecule has 0 bridgehead atoms. The SMILES string of the molecule is Cn1cc(-c2ccccc2)nc1C#Cc1nc(N2C[C@H]3COC[C@H]3C2)c2ncn(C)c2n1. The highest BCUT2D eigenvalue weighted by molar-refractivity contribution is 5.84. The summed E-state index contributed by atoms with van der Waals surface area (Å²) in [7, 11) is 3.89. The fraction of sp³-hybridized carbons (Fsp3) is 0.333. The lowest BCUT2D eigenvalue weighted by Gasteiger charge is -2.18. The summed E-state index contributed by atoms with van der Waals surface area (Å²) in [6, 6.07) is 10.1. The molecule has 1 aromatic carbocycles. The predicted octanol–water partition coefficient (Wildman–Crippen LogP) is 2.25. The fourth-order valence-corrected chi connectivity index (χ4v) is 4.57. The average Bonchev–Trinajstić information content (AvgIpc) is 3.57. The van der Waals surface area contributed by atoms with Crippen LogP contribution >= 0.6 is 0 Å². The summed E-state index contributed by atoms with van der Waals surface area (Å²) >= 11 is 0. The Morgan fingerprint density at radius 1 is 0.938 bits per heavy atom. The third-order valence-corrected chi connectivity index (χ3v) is 6.31. The van der Waals surface area contributed by atoms with Gasteiger partial charge in [-0.2, -0.15) is 0 Å². The van der Waals surface area contributed by atoms with Crippen molar-refractivity contribution in [3.63, 3.8) is 0 Å². The van der Waals surface area contributed by atoms with E-state index in [-0.39, 0.29) is 0 Å². The van der Waals surface area contributed by atoms with Gasteiger partial charge in [0.05, 0.1) is 25.2 Å². The molecule has 2 saturated heterocycles. The molecule has 0 spiro atoms. The Kier molecular flexibility index (Phi) is 4.44. The van der Waals surface area contributed by atoms with Crippen LogP contribution in [0.25, 0.3) is 22.4 Å². The topological polar surface area (TPSA) is 73.9 Å². The molecule has 2 atom stereocenters. The number of aryl methyl sites for hydroxylation is 2. The zero-order chi connectivity index (χ0) is 21.7. The molecule has 2 aliphatic rings. The Morgan fingerprint density at radius 3 is 2.50 bits per heavy atom. The first-order valence-corrected chi connectivity index (χ1v) is 10.8. The van der Waals surface area contributed by atoms with Crippen molar-refractivity contribution in [1.82, 2.24) is 29.1 Å². The van der Waals surface area contributed by atoms with Gasteiger partial charge >= 0.3 is 0 Å². The van der Waals surface area contributed by atoms with Crippen molar-refractivity contribution in [2.45, 2.75) is 0 Å². The Bertz CT molecular complexity index is 1350. The van der Waals surface area contributed by atoms with Gasteiger partial charge in [0.1, 0.15) is 0 Å². The molecule has 0 saturated carbocycles. The van der Waals surface area contributed by atoms with Crippen LogP contribution in [0.1, 0.15) is 11.6 Å². The van der Waals surface area contributed by atoms with Crippen LogP contribution < -0.4 is 4.90 Å². The Labute approximate surface area is 185 Å². The monoisotopic (exact) mass is 425 g/mol. The minimum absolute atomic E-state index is 0.480. The molecule has 2 fully saturated rings. The number of nitrogens with zero attached hydrogens (tertiary/aromatic N) is 7. The molecular formula is C24H23N7O. The van der Waals surface area contributed by atoms with Crippen LogP contribution in [0.15, 0.2) is 42.9 Å². The smallest absolute Gasteiger partial charge is 0.209 e. The number of aromatic nitrogens is 6. The van der Waals surface area contributed by atoms with E-state index in [1.807, 2.05) is 59.8 Å². The minimum atomic E-state index is 0.480. The third-order valence-electron chi connectivity index (χ3n) is 6.31. The van der Waals surface area contributed by atoms with Crippen LogP contribution in [0.2, 0.25) is 0 Å². The van der Waals surface area contributed by atoms with Crippen LogP contribution in [0.3, 0.4) is 0 Å². The lowest BCUT2D eigenvalue weighted by atomic mass is 10.0. The number of hydrogen-bond donors (Lipinski definition) is 0. The zero-order valence-electron chi connectivity index (χ0n) is 18.1. The van der Waals surface area contributed by atoms with Crippen LogP contribution in [-0.2, 0) is 18.8 Å². The number of imidazole rings is 2. The summed E-state index contributed by atoms with van der Waals surface area (Å²) in [4.78, 5) is 21.1. The first-order valence-electron chi connectivity index (χ1n) is 10.8. The molecule has 0 amide bonds. The molecule has 5 heterocycles. The summed E-state index contributed by atoms with van der Waals surface area (Å²) in [6.07, 6.45) is 3.77. The number of ether oxygens (including phenoxy) is 1. The van der Waals surface area contributed by atoms with E-state index in [0.29, 0.717) is 23.5 Å². The molecule has 0 N–H and O–H groups in total. The van der Waals surface area contributed by atoms with Gasteiger partial charge in [-0.3, -0.25) is 0 Å². The number of fused-ring (bicyclic) bond motifs is 2. The second-order valence-electron chi connectivity index (χ2n) is 8.54. The quantitative estimate of drug-likeness (QED) is 0.459. The second kappa shape index (κ2) is 7.46. The molecule has 160 valence electrons. The molecule has 8 nitrogen and oxygen atoms in total. The Hall–Kier alpha value is -3.70. The van der Waals surface area contributed by atoms with Gasteiger partial charge in [0.2, 0.25) is 5.82 Å². The van der Waals surface area contributed by atoms with Gasteiger partial charge < -0.3 is 18.8 Å². The predicted molar refractivity (Wildman–Crippen MR) is 121 cm³/mol. The lowest BCUT2D eigenvalue weighted by molar-refractivity contribution is 0.177. The van der Waals surface area contributed by atoms with E-state index in [9.17, 15) is 0 Å². The van der Waals surface area contributed by atoms with E-state index in [1.165, 1.54) is 0 Å². The number of hydrogen-bond acceptors (Lipinski definition) is 6. The molecule has 32 heavy (non-hydrogen) atoms. The van der Waals surface area contributed by atoms with Crippen LogP contribution in [0.5, 0.6) is 0 Å².